The number of piperazine rings is 1. The smallest absolute Gasteiger partial charge is 0.138 e. The molecule has 6 nitrogen and oxygen atoms in total. The molecule has 1 aliphatic heterocycles. The number of fused-ring (bicyclic) bond motifs is 1. The summed E-state index contributed by atoms with van der Waals surface area (Å²) in [5.41, 5.74) is 4.98. The fourth-order valence-corrected chi connectivity index (χ4v) is 5.84. The number of thiophene rings is 1. The van der Waals surface area contributed by atoms with Gasteiger partial charge in [0.05, 0.1) is 12.5 Å². The minimum atomic E-state index is 0.512. The van der Waals surface area contributed by atoms with E-state index in [4.69, 9.17) is 4.74 Å². The molecule has 0 unspecified atom stereocenters. The Morgan fingerprint density at radius 3 is 2.74 bits per heavy atom. The van der Waals surface area contributed by atoms with Crippen LogP contribution in [-0.2, 0) is 0 Å². The number of methoxy groups -OCH3 is 1. The Morgan fingerprint density at radius 2 is 1.97 bits per heavy atom. The van der Waals surface area contributed by atoms with Crippen LogP contribution in [0, 0.1) is 6.92 Å². The Hall–Kier alpha value is -3.16. The molecule has 1 aliphatic rings. The molecule has 1 saturated heterocycles. The van der Waals surface area contributed by atoms with E-state index in [0.717, 1.165) is 72.1 Å². The van der Waals surface area contributed by atoms with Crippen molar-refractivity contribution in [3.8, 4) is 16.9 Å². The van der Waals surface area contributed by atoms with Crippen LogP contribution in [0.25, 0.3) is 21.3 Å². The molecule has 0 amide bonds. The predicted octanol–water partition coefficient (Wildman–Crippen LogP) is 5.69. The van der Waals surface area contributed by atoms with Gasteiger partial charge in [-0.25, -0.2) is 9.97 Å². The molecule has 3 heterocycles. The highest BCUT2D eigenvalue weighted by Gasteiger charge is 2.23. The second-order valence-corrected chi connectivity index (χ2v) is 10.1. The molecular formula is C28H33N5OS. The van der Waals surface area contributed by atoms with Crippen LogP contribution in [0.4, 0.5) is 11.5 Å². The van der Waals surface area contributed by atoms with Crippen molar-refractivity contribution in [3.05, 3.63) is 65.8 Å². The Kier molecular flexibility index (Phi) is 7.16. The summed E-state index contributed by atoms with van der Waals surface area (Å²) in [5, 5.41) is 6.86. The van der Waals surface area contributed by atoms with Crippen molar-refractivity contribution in [3.63, 3.8) is 0 Å². The molecule has 1 fully saturated rings. The van der Waals surface area contributed by atoms with E-state index < -0.39 is 0 Å². The van der Waals surface area contributed by atoms with Gasteiger partial charge in [-0.1, -0.05) is 24.3 Å². The molecule has 1 atom stereocenters. The summed E-state index contributed by atoms with van der Waals surface area (Å²) in [6.07, 6.45) is 2.73. The lowest BCUT2D eigenvalue weighted by Gasteiger charge is -2.41. The lowest BCUT2D eigenvalue weighted by molar-refractivity contribution is 0.228. The second kappa shape index (κ2) is 10.6. The average Bonchev–Trinajstić information content (AvgIpc) is 3.32. The van der Waals surface area contributed by atoms with Crippen LogP contribution in [0.2, 0.25) is 0 Å². The predicted molar refractivity (Wildman–Crippen MR) is 147 cm³/mol. The van der Waals surface area contributed by atoms with E-state index in [1.807, 2.05) is 12.1 Å². The van der Waals surface area contributed by atoms with Crippen molar-refractivity contribution in [1.29, 1.82) is 0 Å². The molecule has 4 aromatic rings. The van der Waals surface area contributed by atoms with Crippen LogP contribution < -0.4 is 15.0 Å². The van der Waals surface area contributed by atoms with Crippen LogP contribution in [0.3, 0.4) is 0 Å². The van der Waals surface area contributed by atoms with Crippen LogP contribution in [0.15, 0.2) is 60.2 Å². The second-order valence-electron chi connectivity index (χ2n) is 9.24. The molecule has 182 valence electrons. The largest absolute Gasteiger partial charge is 0.497 e. The van der Waals surface area contributed by atoms with Crippen LogP contribution in [0.1, 0.15) is 18.9 Å². The number of rotatable bonds is 8. The highest BCUT2D eigenvalue weighted by Crippen LogP contribution is 2.37. The molecule has 0 aliphatic carbocycles. The van der Waals surface area contributed by atoms with Gasteiger partial charge in [0, 0.05) is 48.9 Å². The van der Waals surface area contributed by atoms with Crippen molar-refractivity contribution >= 4 is 33.1 Å². The van der Waals surface area contributed by atoms with E-state index in [9.17, 15) is 0 Å². The van der Waals surface area contributed by atoms with Gasteiger partial charge in [0.25, 0.3) is 0 Å². The van der Waals surface area contributed by atoms with E-state index in [1.54, 1.807) is 24.8 Å². The van der Waals surface area contributed by atoms with Gasteiger partial charge < -0.3 is 15.0 Å². The Bertz CT molecular complexity index is 1270. The quantitative estimate of drug-likeness (QED) is 0.322. The van der Waals surface area contributed by atoms with Gasteiger partial charge in [-0.15, -0.1) is 11.3 Å². The summed E-state index contributed by atoms with van der Waals surface area (Å²) in [4.78, 5) is 15.2. The summed E-state index contributed by atoms with van der Waals surface area (Å²) in [6, 6.07) is 17.5. The maximum absolute atomic E-state index is 5.31. The summed E-state index contributed by atoms with van der Waals surface area (Å²) in [7, 11) is 1.69. The highest BCUT2D eigenvalue weighted by atomic mass is 32.1. The molecule has 0 bridgehead atoms. The number of benzene rings is 2. The standard InChI is InChI=1S/C28H33N5OS/c1-20-6-4-7-23(16-20)33-15-14-32(17-21(33)2)13-5-12-29-27-26-25(18-35-28(26)31-19-30-27)22-8-10-24(34-3)11-9-22/h4,6-11,16,18-19,21H,5,12-15,17H2,1-3H3,(H,29,30,31)/t21-/m1/s1. The number of hydrogen-bond donors (Lipinski definition) is 1. The zero-order valence-corrected chi connectivity index (χ0v) is 21.5. The van der Waals surface area contributed by atoms with Gasteiger partial charge in [0.2, 0.25) is 0 Å². The number of ether oxygens (including phenoxy) is 1. The molecule has 1 N–H and O–H groups in total. The van der Waals surface area contributed by atoms with Gasteiger partial charge in [-0.3, -0.25) is 4.90 Å². The number of nitrogens with zero attached hydrogens (tertiary/aromatic N) is 4. The Morgan fingerprint density at radius 1 is 1.11 bits per heavy atom. The van der Waals surface area contributed by atoms with Gasteiger partial charge in [-0.2, -0.15) is 0 Å². The number of nitrogens with one attached hydrogen (secondary N) is 1. The first-order chi connectivity index (χ1) is 17.1. The van der Waals surface area contributed by atoms with Crippen molar-refractivity contribution < 1.29 is 4.74 Å². The molecule has 2 aromatic carbocycles. The van der Waals surface area contributed by atoms with Crippen molar-refractivity contribution in [2.24, 2.45) is 0 Å². The molecule has 5 rings (SSSR count). The normalized spacial score (nSPS) is 16.5. The first-order valence-electron chi connectivity index (χ1n) is 12.3. The zero-order chi connectivity index (χ0) is 24.2. The number of anilines is 2. The third-order valence-corrected chi connectivity index (χ3v) is 7.65. The molecule has 0 radical (unpaired) electrons. The van der Waals surface area contributed by atoms with Gasteiger partial charge in [0.15, 0.2) is 0 Å². The topological polar surface area (TPSA) is 53.5 Å². The average molecular weight is 488 g/mol. The van der Waals surface area contributed by atoms with Gasteiger partial charge in [-0.05, 0) is 62.2 Å². The van der Waals surface area contributed by atoms with E-state index in [1.165, 1.54) is 11.3 Å². The molecule has 35 heavy (non-hydrogen) atoms. The van der Waals surface area contributed by atoms with Crippen LogP contribution in [-0.4, -0.2) is 60.7 Å². The van der Waals surface area contributed by atoms with E-state index in [-0.39, 0.29) is 0 Å². The maximum atomic E-state index is 5.31. The Balaban J connectivity index is 1.18. The maximum Gasteiger partial charge on any atom is 0.138 e. The fraction of sp³-hybridized carbons (Fsp3) is 0.357. The van der Waals surface area contributed by atoms with Crippen LogP contribution >= 0.6 is 11.3 Å². The van der Waals surface area contributed by atoms with Gasteiger partial charge in [0.1, 0.15) is 22.7 Å². The SMILES string of the molecule is COc1ccc(-c2csc3ncnc(NCCCN4CCN(c5cccc(C)c5)[C@H](C)C4)c23)cc1. The third-order valence-electron chi connectivity index (χ3n) is 6.76. The number of aryl methyl sites for hydroxylation is 1. The minimum absolute atomic E-state index is 0.512. The monoisotopic (exact) mass is 487 g/mol. The molecule has 0 spiro atoms. The highest BCUT2D eigenvalue weighted by molar-refractivity contribution is 7.17. The summed E-state index contributed by atoms with van der Waals surface area (Å²) < 4.78 is 5.31. The molecule has 0 saturated carbocycles. The lowest BCUT2D eigenvalue weighted by Crippen LogP contribution is -2.52. The summed E-state index contributed by atoms with van der Waals surface area (Å²) in [6.45, 7) is 9.74. The van der Waals surface area contributed by atoms with E-state index in [2.05, 4.69) is 80.7 Å². The molecule has 7 heteroatoms. The molecule has 2 aromatic heterocycles. The zero-order valence-electron chi connectivity index (χ0n) is 20.7. The van der Waals surface area contributed by atoms with E-state index >= 15 is 0 Å². The Labute approximate surface area is 211 Å². The van der Waals surface area contributed by atoms with Crippen molar-refractivity contribution in [1.82, 2.24) is 14.9 Å². The van der Waals surface area contributed by atoms with Crippen molar-refractivity contribution in [2.45, 2.75) is 26.3 Å². The van der Waals surface area contributed by atoms with Crippen LogP contribution in [0.5, 0.6) is 5.75 Å². The summed E-state index contributed by atoms with van der Waals surface area (Å²) in [5.74, 6) is 1.77. The number of hydrogen-bond acceptors (Lipinski definition) is 7. The van der Waals surface area contributed by atoms with Gasteiger partial charge >= 0.3 is 0 Å². The minimum Gasteiger partial charge on any atom is -0.497 e. The third kappa shape index (κ3) is 5.26. The van der Waals surface area contributed by atoms with Crippen molar-refractivity contribution in [2.75, 3.05) is 50.1 Å². The first kappa shape index (κ1) is 23.6. The fourth-order valence-electron chi connectivity index (χ4n) is 4.93. The van der Waals surface area contributed by atoms with E-state index in [0.29, 0.717) is 6.04 Å². The molecular weight excluding hydrogens is 454 g/mol. The lowest BCUT2D eigenvalue weighted by atomic mass is 10.1. The first-order valence-corrected chi connectivity index (χ1v) is 13.2. The number of aromatic nitrogens is 2. The summed E-state index contributed by atoms with van der Waals surface area (Å²) >= 11 is 1.66.